The first-order valence-corrected chi connectivity index (χ1v) is 7.15. The zero-order chi connectivity index (χ0) is 12.8. The molecule has 1 aromatic rings. The molecule has 0 unspecified atom stereocenters. The van der Waals surface area contributed by atoms with Gasteiger partial charge < -0.3 is 5.32 Å². The molecule has 2 heteroatoms. The van der Waals surface area contributed by atoms with Gasteiger partial charge in [0.2, 0.25) is 0 Å². The highest BCUT2D eigenvalue weighted by Gasteiger charge is 2.58. The molecule has 3 rings (SSSR count). The Hall–Kier alpha value is -0.890. The number of rotatable bonds is 3. The van der Waals surface area contributed by atoms with Gasteiger partial charge in [-0.1, -0.05) is 26.8 Å². The van der Waals surface area contributed by atoms with E-state index in [2.05, 4.69) is 37.1 Å². The van der Waals surface area contributed by atoms with Crippen molar-refractivity contribution in [3.05, 3.63) is 30.1 Å². The van der Waals surface area contributed by atoms with Crippen LogP contribution in [0.4, 0.5) is 0 Å². The Morgan fingerprint density at radius 1 is 1.39 bits per heavy atom. The SMILES string of the molecule is CC1(C)[C@H]2CC[C@](C)(C2)[C@@H]1NCc1cccnc1. The molecule has 1 N–H and O–H groups in total. The van der Waals surface area contributed by atoms with E-state index in [0.29, 0.717) is 16.9 Å². The molecule has 2 bridgehead atoms. The van der Waals surface area contributed by atoms with E-state index >= 15 is 0 Å². The predicted molar refractivity (Wildman–Crippen MR) is 74.1 cm³/mol. The van der Waals surface area contributed by atoms with E-state index in [1.165, 1.54) is 24.8 Å². The molecule has 0 spiro atoms. The second-order valence-electron chi connectivity index (χ2n) is 7.09. The molecular weight excluding hydrogens is 220 g/mol. The zero-order valence-corrected chi connectivity index (χ0v) is 11.7. The second kappa shape index (κ2) is 4.06. The monoisotopic (exact) mass is 244 g/mol. The Labute approximate surface area is 110 Å². The highest BCUT2D eigenvalue weighted by atomic mass is 15.0. The van der Waals surface area contributed by atoms with Gasteiger partial charge in [-0.05, 0) is 47.6 Å². The smallest absolute Gasteiger partial charge is 0.0312 e. The molecule has 0 saturated heterocycles. The van der Waals surface area contributed by atoms with Crippen LogP contribution < -0.4 is 5.32 Å². The lowest BCUT2D eigenvalue weighted by Crippen LogP contribution is -2.49. The minimum absolute atomic E-state index is 0.440. The molecule has 2 saturated carbocycles. The van der Waals surface area contributed by atoms with Crippen molar-refractivity contribution in [2.24, 2.45) is 16.7 Å². The van der Waals surface area contributed by atoms with Crippen molar-refractivity contribution in [2.75, 3.05) is 0 Å². The van der Waals surface area contributed by atoms with Crippen molar-refractivity contribution >= 4 is 0 Å². The quantitative estimate of drug-likeness (QED) is 0.881. The van der Waals surface area contributed by atoms with Crippen LogP contribution in [-0.2, 0) is 6.54 Å². The van der Waals surface area contributed by atoms with E-state index in [4.69, 9.17) is 0 Å². The van der Waals surface area contributed by atoms with Crippen LogP contribution in [0.1, 0.15) is 45.6 Å². The lowest BCUT2D eigenvalue weighted by Gasteiger charge is -2.43. The molecule has 0 aliphatic heterocycles. The van der Waals surface area contributed by atoms with Gasteiger partial charge in [0.1, 0.15) is 0 Å². The Bertz CT molecular complexity index is 421. The maximum absolute atomic E-state index is 4.19. The van der Waals surface area contributed by atoms with Crippen LogP contribution in [0, 0.1) is 16.7 Å². The van der Waals surface area contributed by atoms with Crippen LogP contribution in [-0.4, -0.2) is 11.0 Å². The van der Waals surface area contributed by atoms with Gasteiger partial charge in [-0.25, -0.2) is 0 Å². The first-order chi connectivity index (χ1) is 8.52. The first-order valence-electron chi connectivity index (χ1n) is 7.15. The first kappa shape index (κ1) is 12.2. The summed E-state index contributed by atoms with van der Waals surface area (Å²) in [7, 11) is 0. The number of aromatic nitrogens is 1. The Kier molecular flexibility index (Phi) is 2.74. The van der Waals surface area contributed by atoms with Gasteiger partial charge in [-0.15, -0.1) is 0 Å². The summed E-state index contributed by atoms with van der Waals surface area (Å²) < 4.78 is 0. The van der Waals surface area contributed by atoms with E-state index in [9.17, 15) is 0 Å². The summed E-state index contributed by atoms with van der Waals surface area (Å²) in [4.78, 5) is 4.19. The van der Waals surface area contributed by atoms with Gasteiger partial charge in [-0.3, -0.25) is 4.98 Å². The van der Waals surface area contributed by atoms with Gasteiger partial charge in [0.15, 0.2) is 0 Å². The third-order valence-electron chi connectivity index (χ3n) is 5.50. The molecule has 0 radical (unpaired) electrons. The number of fused-ring (bicyclic) bond motifs is 2. The summed E-state index contributed by atoms with van der Waals surface area (Å²) in [5.41, 5.74) is 2.24. The van der Waals surface area contributed by atoms with Crippen molar-refractivity contribution in [1.82, 2.24) is 10.3 Å². The van der Waals surface area contributed by atoms with E-state index in [1.54, 1.807) is 0 Å². The molecule has 0 amide bonds. The molecule has 2 nitrogen and oxygen atoms in total. The maximum atomic E-state index is 4.19. The van der Waals surface area contributed by atoms with Crippen LogP contribution in [0.15, 0.2) is 24.5 Å². The summed E-state index contributed by atoms with van der Waals surface area (Å²) in [5.74, 6) is 0.911. The number of pyridine rings is 1. The summed E-state index contributed by atoms with van der Waals surface area (Å²) in [6, 6.07) is 4.82. The van der Waals surface area contributed by atoms with Crippen LogP contribution in [0.2, 0.25) is 0 Å². The number of nitrogens with zero attached hydrogens (tertiary/aromatic N) is 1. The summed E-state index contributed by atoms with van der Waals surface area (Å²) >= 11 is 0. The standard InChI is InChI=1S/C16H24N2/c1-15(2)13-6-7-16(3,9-13)14(15)18-11-12-5-4-8-17-10-12/h4-5,8,10,13-14,18H,6-7,9,11H2,1-3H3/t13-,14+,16+/m0/s1. The van der Waals surface area contributed by atoms with E-state index < -0.39 is 0 Å². The Morgan fingerprint density at radius 2 is 2.22 bits per heavy atom. The van der Waals surface area contributed by atoms with Gasteiger partial charge in [0.25, 0.3) is 0 Å². The third-order valence-corrected chi connectivity index (χ3v) is 5.50. The fraction of sp³-hybridized carbons (Fsp3) is 0.688. The van der Waals surface area contributed by atoms with Gasteiger partial charge in [-0.2, -0.15) is 0 Å². The van der Waals surface area contributed by atoms with Crippen LogP contribution in [0.5, 0.6) is 0 Å². The van der Waals surface area contributed by atoms with E-state index in [0.717, 1.165) is 12.5 Å². The minimum atomic E-state index is 0.440. The summed E-state index contributed by atoms with van der Waals surface area (Å²) in [5, 5.41) is 3.82. The lowest BCUT2D eigenvalue weighted by molar-refractivity contribution is 0.108. The largest absolute Gasteiger partial charge is 0.309 e. The summed E-state index contributed by atoms with van der Waals surface area (Å²) in [6.45, 7) is 8.32. The molecule has 1 aromatic heterocycles. The lowest BCUT2D eigenvalue weighted by atomic mass is 9.68. The van der Waals surface area contributed by atoms with Crippen molar-refractivity contribution < 1.29 is 0 Å². The second-order valence-corrected chi connectivity index (χ2v) is 7.09. The topological polar surface area (TPSA) is 24.9 Å². The number of hydrogen-bond acceptors (Lipinski definition) is 2. The van der Waals surface area contributed by atoms with Crippen LogP contribution in [0.25, 0.3) is 0 Å². The predicted octanol–water partition coefficient (Wildman–Crippen LogP) is 3.39. The summed E-state index contributed by atoms with van der Waals surface area (Å²) in [6.07, 6.45) is 8.03. The maximum Gasteiger partial charge on any atom is 0.0312 e. The molecule has 18 heavy (non-hydrogen) atoms. The van der Waals surface area contributed by atoms with E-state index in [-0.39, 0.29) is 0 Å². The average molecular weight is 244 g/mol. The molecule has 1 heterocycles. The van der Waals surface area contributed by atoms with Crippen molar-refractivity contribution in [3.63, 3.8) is 0 Å². The normalized spacial score (nSPS) is 37.1. The van der Waals surface area contributed by atoms with Crippen molar-refractivity contribution in [1.29, 1.82) is 0 Å². The average Bonchev–Trinajstić information content (AvgIpc) is 2.81. The number of hydrogen-bond donors (Lipinski definition) is 1. The Balaban J connectivity index is 1.73. The van der Waals surface area contributed by atoms with E-state index in [1.807, 2.05) is 18.5 Å². The minimum Gasteiger partial charge on any atom is -0.309 e. The van der Waals surface area contributed by atoms with Gasteiger partial charge >= 0.3 is 0 Å². The van der Waals surface area contributed by atoms with Crippen molar-refractivity contribution in [3.8, 4) is 0 Å². The molecule has 98 valence electrons. The Morgan fingerprint density at radius 3 is 2.83 bits per heavy atom. The molecule has 2 aliphatic rings. The zero-order valence-electron chi connectivity index (χ0n) is 11.7. The highest BCUT2D eigenvalue weighted by Crippen LogP contribution is 2.62. The number of nitrogens with one attached hydrogen (secondary N) is 1. The molecule has 2 aliphatic carbocycles. The van der Waals surface area contributed by atoms with Gasteiger partial charge in [0.05, 0.1) is 0 Å². The fourth-order valence-electron chi connectivity index (χ4n) is 4.53. The van der Waals surface area contributed by atoms with Crippen LogP contribution in [0.3, 0.4) is 0 Å². The highest BCUT2D eigenvalue weighted by molar-refractivity contribution is 5.14. The molecule has 0 aromatic carbocycles. The van der Waals surface area contributed by atoms with Crippen LogP contribution >= 0.6 is 0 Å². The fourth-order valence-corrected chi connectivity index (χ4v) is 4.53. The van der Waals surface area contributed by atoms with Crippen molar-refractivity contribution in [2.45, 2.75) is 52.6 Å². The molecule has 3 atom stereocenters. The van der Waals surface area contributed by atoms with Gasteiger partial charge in [0, 0.05) is 25.0 Å². The molecular formula is C16H24N2. The third kappa shape index (κ3) is 1.78. The molecule has 2 fully saturated rings.